The van der Waals surface area contributed by atoms with Crippen molar-refractivity contribution in [2.75, 3.05) is 33.0 Å². The summed E-state index contributed by atoms with van der Waals surface area (Å²) in [6.45, 7) is 1.61. The van der Waals surface area contributed by atoms with Crippen LogP contribution in [0.3, 0.4) is 0 Å². The second-order valence-corrected chi connectivity index (χ2v) is 9.97. The highest BCUT2D eigenvalue weighted by atomic mass is 35.5. The minimum Gasteiger partial charge on any atom is -0.376 e. The molecule has 7 nitrogen and oxygen atoms in total. The molecule has 0 spiro atoms. The maximum Gasteiger partial charge on any atom is 0.262 e. The van der Waals surface area contributed by atoms with Gasteiger partial charge in [0.15, 0.2) is 5.16 Å². The summed E-state index contributed by atoms with van der Waals surface area (Å²) in [5.41, 5.74) is 1.52. The van der Waals surface area contributed by atoms with Crippen LogP contribution in [0.4, 0.5) is 0 Å². The number of aromatic nitrogens is 2. The quantitative estimate of drug-likeness (QED) is 0.356. The number of nitrogens with zero attached hydrogens (tertiary/aromatic N) is 3. The number of halogens is 1. The Bertz CT molecular complexity index is 1200. The number of fused-ring (bicyclic) bond motifs is 1. The van der Waals surface area contributed by atoms with Gasteiger partial charge in [0.05, 0.1) is 35.3 Å². The van der Waals surface area contributed by atoms with Crippen molar-refractivity contribution in [2.45, 2.75) is 36.7 Å². The molecule has 1 fully saturated rings. The number of rotatable bonds is 9. The fourth-order valence-electron chi connectivity index (χ4n) is 4.10. The number of amides is 1. The first-order valence-electron chi connectivity index (χ1n) is 11.3. The van der Waals surface area contributed by atoms with Crippen molar-refractivity contribution >= 4 is 40.2 Å². The Morgan fingerprint density at radius 3 is 2.79 bits per heavy atom. The third-order valence-corrected chi connectivity index (χ3v) is 7.14. The Kier molecular flexibility index (Phi) is 8.26. The van der Waals surface area contributed by atoms with Gasteiger partial charge in [0.2, 0.25) is 5.91 Å². The fraction of sp³-hybridized carbons (Fsp3) is 0.400. The molecule has 1 aromatic heterocycles. The molecule has 2 atom stereocenters. The van der Waals surface area contributed by atoms with Crippen LogP contribution in [-0.4, -0.2) is 59.5 Å². The lowest BCUT2D eigenvalue weighted by Crippen LogP contribution is -2.35. The number of carbonyl (C=O) groups is 1. The molecule has 0 radical (unpaired) electrons. The molecule has 1 aliphatic heterocycles. The molecule has 1 aliphatic rings. The van der Waals surface area contributed by atoms with Crippen LogP contribution in [0, 0.1) is 0 Å². The smallest absolute Gasteiger partial charge is 0.262 e. The normalized spacial score (nSPS) is 16.8. The maximum absolute atomic E-state index is 13.2. The van der Waals surface area contributed by atoms with E-state index in [2.05, 4.69) is 27.3 Å². The molecule has 34 heavy (non-hydrogen) atoms. The summed E-state index contributed by atoms with van der Waals surface area (Å²) >= 11 is 7.39. The molecule has 0 bridgehead atoms. The number of thioether (sulfide) groups is 1. The number of carbonyl (C=O) groups excluding carboxylic acids is 1. The molecule has 0 saturated carbocycles. The van der Waals surface area contributed by atoms with E-state index in [0.29, 0.717) is 40.8 Å². The maximum atomic E-state index is 13.2. The van der Waals surface area contributed by atoms with Gasteiger partial charge in [-0.3, -0.25) is 14.2 Å². The van der Waals surface area contributed by atoms with E-state index in [9.17, 15) is 9.59 Å². The summed E-state index contributed by atoms with van der Waals surface area (Å²) in [6, 6.07) is 15.2. The number of benzene rings is 2. The van der Waals surface area contributed by atoms with Crippen molar-refractivity contribution < 1.29 is 9.53 Å². The lowest BCUT2D eigenvalue weighted by atomic mass is 10.1. The molecule has 9 heteroatoms. The van der Waals surface area contributed by atoms with E-state index in [4.69, 9.17) is 16.3 Å². The van der Waals surface area contributed by atoms with Crippen LogP contribution in [0.15, 0.2) is 58.5 Å². The lowest BCUT2D eigenvalue weighted by molar-refractivity contribution is -0.118. The summed E-state index contributed by atoms with van der Waals surface area (Å²) in [5.74, 6) is 0.0378. The van der Waals surface area contributed by atoms with E-state index in [1.807, 2.05) is 32.3 Å². The van der Waals surface area contributed by atoms with Crippen molar-refractivity contribution in [3.8, 4) is 0 Å². The minimum atomic E-state index is -0.142. The molecule has 0 unspecified atom stereocenters. The van der Waals surface area contributed by atoms with Gasteiger partial charge in [0.25, 0.3) is 5.56 Å². The average molecular weight is 501 g/mol. The highest BCUT2D eigenvalue weighted by Crippen LogP contribution is 2.23. The zero-order valence-corrected chi connectivity index (χ0v) is 20.9. The highest BCUT2D eigenvalue weighted by Gasteiger charge is 2.21. The summed E-state index contributed by atoms with van der Waals surface area (Å²) < 4.78 is 7.39. The predicted octanol–water partition coefficient (Wildman–Crippen LogP) is 3.74. The Hall–Kier alpha value is -2.39. The topological polar surface area (TPSA) is 76.5 Å². The first kappa shape index (κ1) is 24.7. The van der Waals surface area contributed by atoms with E-state index in [1.165, 1.54) is 11.8 Å². The number of hydrogen-bond acceptors (Lipinski definition) is 6. The van der Waals surface area contributed by atoms with Gasteiger partial charge >= 0.3 is 0 Å². The molecular weight excluding hydrogens is 472 g/mol. The molecule has 1 amide bonds. The van der Waals surface area contributed by atoms with Crippen LogP contribution in [0.5, 0.6) is 0 Å². The van der Waals surface area contributed by atoms with Crippen LogP contribution in [-0.2, 0) is 16.1 Å². The summed E-state index contributed by atoms with van der Waals surface area (Å²) in [5, 5.41) is 4.54. The zero-order valence-electron chi connectivity index (χ0n) is 19.4. The standard InChI is InChI=1S/C25H29ClN4O3S/c1-29(2)22(17-7-4-3-5-8-17)14-27-23(31)16-34-25-28-21-13-18(26)10-11-20(21)24(32)30(25)15-19-9-6-12-33-19/h3-5,7-8,10-11,13,19,22H,6,9,12,14-16H2,1-2H3,(H,27,31)/t19-,22+/m0/s1. The molecular formula is C25H29ClN4O3S. The van der Waals surface area contributed by atoms with Crippen LogP contribution >= 0.6 is 23.4 Å². The van der Waals surface area contributed by atoms with Gasteiger partial charge in [0, 0.05) is 18.2 Å². The van der Waals surface area contributed by atoms with Crippen LogP contribution < -0.4 is 10.9 Å². The first-order valence-corrected chi connectivity index (χ1v) is 12.7. The first-order chi connectivity index (χ1) is 16.4. The lowest BCUT2D eigenvalue weighted by Gasteiger charge is -2.25. The molecule has 1 saturated heterocycles. The van der Waals surface area contributed by atoms with Crippen LogP contribution in [0.25, 0.3) is 10.9 Å². The Morgan fingerprint density at radius 2 is 2.09 bits per heavy atom. The van der Waals surface area contributed by atoms with Crippen molar-refractivity contribution in [2.24, 2.45) is 0 Å². The van der Waals surface area contributed by atoms with Gasteiger partial charge < -0.3 is 15.0 Å². The number of ether oxygens (including phenoxy) is 1. The molecule has 3 aromatic rings. The molecule has 1 N–H and O–H groups in total. The molecule has 2 heterocycles. The summed E-state index contributed by atoms with van der Waals surface area (Å²) in [4.78, 5) is 32.7. The fourth-order valence-corrected chi connectivity index (χ4v) is 5.11. The summed E-state index contributed by atoms with van der Waals surface area (Å²) in [6.07, 6.45) is 1.86. The van der Waals surface area contributed by atoms with Crippen molar-refractivity contribution in [3.05, 3.63) is 69.5 Å². The third kappa shape index (κ3) is 5.99. The number of hydrogen-bond donors (Lipinski definition) is 1. The Morgan fingerprint density at radius 1 is 1.29 bits per heavy atom. The van der Waals surface area contributed by atoms with E-state index >= 15 is 0 Å². The van der Waals surface area contributed by atoms with Gasteiger partial charge in [-0.05, 0) is 50.7 Å². The highest BCUT2D eigenvalue weighted by molar-refractivity contribution is 7.99. The second-order valence-electron chi connectivity index (χ2n) is 8.59. The summed E-state index contributed by atoms with van der Waals surface area (Å²) in [7, 11) is 3.99. The van der Waals surface area contributed by atoms with Gasteiger partial charge in [-0.1, -0.05) is 53.7 Å². The van der Waals surface area contributed by atoms with Crippen LogP contribution in [0.1, 0.15) is 24.4 Å². The largest absolute Gasteiger partial charge is 0.376 e. The Balaban J connectivity index is 1.49. The molecule has 0 aliphatic carbocycles. The van der Waals surface area contributed by atoms with E-state index in [0.717, 1.165) is 18.4 Å². The van der Waals surface area contributed by atoms with Gasteiger partial charge in [0.1, 0.15) is 0 Å². The van der Waals surface area contributed by atoms with E-state index in [1.54, 1.807) is 22.8 Å². The van der Waals surface area contributed by atoms with Crippen molar-refractivity contribution in [1.29, 1.82) is 0 Å². The number of nitrogens with one attached hydrogen (secondary N) is 1. The average Bonchev–Trinajstić information content (AvgIpc) is 3.33. The van der Waals surface area contributed by atoms with Crippen molar-refractivity contribution in [1.82, 2.24) is 19.8 Å². The van der Waals surface area contributed by atoms with Crippen LogP contribution in [0.2, 0.25) is 5.02 Å². The van der Waals surface area contributed by atoms with E-state index in [-0.39, 0.29) is 29.4 Å². The third-order valence-electron chi connectivity index (χ3n) is 5.93. The minimum absolute atomic E-state index is 0.0239. The molecule has 180 valence electrons. The number of likely N-dealkylation sites (N-methyl/N-ethyl adjacent to an activating group) is 1. The monoisotopic (exact) mass is 500 g/mol. The predicted molar refractivity (Wildman–Crippen MR) is 137 cm³/mol. The van der Waals surface area contributed by atoms with E-state index < -0.39 is 0 Å². The zero-order chi connectivity index (χ0) is 24.1. The van der Waals surface area contributed by atoms with Gasteiger partial charge in [-0.15, -0.1) is 0 Å². The van der Waals surface area contributed by atoms with Crippen molar-refractivity contribution in [3.63, 3.8) is 0 Å². The Labute approximate surface area is 208 Å². The molecule has 2 aromatic carbocycles. The van der Waals surface area contributed by atoms with Gasteiger partial charge in [-0.25, -0.2) is 4.98 Å². The molecule has 4 rings (SSSR count). The second kappa shape index (κ2) is 11.4. The van der Waals surface area contributed by atoms with Gasteiger partial charge in [-0.2, -0.15) is 0 Å². The SMILES string of the molecule is CN(C)[C@H](CNC(=O)CSc1nc2cc(Cl)ccc2c(=O)n1C[C@@H]1CCCO1)c1ccccc1.